The van der Waals surface area contributed by atoms with Crippen molar-refractivity contribution in [2.24, 2.45) is 0 Å². The van der Waals surface area contributed by atoms with Crippen molar-refractivity contribution in [3.05, 3.63) is 75.3 Å². The van der Waals surface area contributed by atoms with E-state index in [-0.39, 0.29) is 5.56 Å². The Labute approximate surface area is 144 Å². The van der Waals surface area contributed by atoms with Gasteiger partial charge in [-0.15, -0.1) is 11.8 Å². The van der Waals surface area contributed by atoms with Crippen LogP contribution in [0.15, 0.2) is 53.3 Å². The number of H-pyrrole nitrogens is 1. The highest BCUT2D eigenvalue weighted by Crippen LogP contribution is 2.33. The van der Waals surface area contributed by atoms with E-state index in [1.54, 1.807) is 30.0 Å². The molecule has 5 heteroatoms. The van der Waals surface area contributed by atoms with Gasteiger partial charge < -0.3 is 4.98 Å². The fraction of sp³-hybridized carbons (Fsp3) is 0.222. The van der Waals surface area contributed by atoms with Crippen LogP contribution in [0.4, 0.5) is 0 Å². The second-order valence-corrected chi connectivity index (χ2v) is 6.92. The highest BCUT2D eigenvalue weighted by atomic mass is 35.5. The average molecular weight is 345 g/mol. The van der Waals surface area contributed by atoms with E-state index < -0.39 is 0 Å². The molecule has 0 bridgehead atoms. The molecule has 1 N–H and O–H groups in total. The number of fused-ring (bicyclic) bond motifs is 1. The summed E-state index contributed by atoms with van der Waals surface area (Å²) in [4.78, 5) is 19.6. The molecule has 1 unspecified atom stereocenters. The molecule has 2 aromatic carbocycles. The molecular weight excluding hydrogens is 328 g/mol. The Kier molecular flexibility index (Phi) is 5.03. The highest BCUT2D eigenvalue weighted by molar-refractivity contribution is 7.98. The maximum atomic E-state index is 12.2. The van der Waals surface area contributed by atoms with Crippen LogP contribution in [0, 0.1) is 0 Å². The van der Waals surface area contributed by atoms with Crippen molar-refractivity contribution in [3.63, 3.8) is 0 Å². The van der Waals surface area contributed by atoms with Crippen LogP contribution < -0.4 is 5.56 Å². The maximum Gasteiger partial charge on any atom is 0.258 e. The van der Waals surface area contributed by atoms with Crippen molar-refractivity contribution in [2.45, 2.75) is 24.3 Å². The summed E-state index contributed by atoms with van der Waals surface area (Å²) in [6.07, 6.45) is 1.03. The van der Waals surface area contributed by atoms with Gasteiger partial charge in [-0.2, -0.15) is 0 Å². The van der Waals surface area contributed by atoms with Crippen LogP contribution in [-0.4, -0.2) is 9.97 Å². The first-order chi connectivity index (χ1) is 11.2. The molecule has 3 rings (SSSR count). The first-order valence-electron chi connectivity index (χ1n) is 7.52. The Morgan fingerprint density at radius 2 is 2.00 bits per heavy atom. The monoisotopic (exact) mass is 344 g/mol. The minimum absolute atomic E-state index is 0.138. The van der Waals surface area contributed by atoms with Crippen LogP contribution in [0.1, 0.15) is 30.0 Å². The van der Waals surface area contributed by atoms with Gasteiger partial charge in [0.25, 0.3) is 5.56 Å². The molecular formula is C18H17ClN2OS. The van der Waals surface area contributed by atoms with Crippen molar-refractivity contribution in [1.82, 2.24) is 9.97 Å². The van der Waals surface area contributed by atoms with Gasteiger partial charge in [0.1, 0.15) is 5.82 Å². The molecule has 0 aliphatic carbocycles. The summed E-state index contributed by atoms with van der Waals surface area (Å²) in [7, 11) is 0. The van der Waals surface area contributed by atoms with E-state index in [4.69, 9.17) is 11.6 Å². The van der Waals surface area contributed by atoms with E-state index in [0.29, 0.717) is 32.8 Å². The number of nitrogens with one attached hydrogen (secondary N) is 1. The van der Waals surface area contributed by atoms with Gasteiger partial charge in [-0.25, -0.2) is 4.98 Å². The van der Waals surface area contributed by atoms with E-state index in [0.717, 1.165) is 6.42 Å². The van der Waals surface area contributed by atoms with Crippen molar-refractivity contribution < 1.29 is 0 Å². The summed E-state index contributed by atoms with van der Waals surface area (Å²) >= 11 is 7.72. The van der Waals surface area contributed by atoms with Gasteiger partial charge in [0.05, 0.1) is 16.7 Å². The number of nitrogens with zero attached hydrogens (tertiary/aromatic N) is 1. The fourth-order valence-corrected chi connectivity index (χ4v) is 3.78. The molecule has 0 saturated carbocycles. The number of halogens is 1. The lowest BCUT2D eigenvalue weighted by atomic mass is 10.1. The maximum absolute atomic E-state index is 12.2. The summed E-state index contributed by atoms with van der Waals surface area (Å²) in [5, 5.41) is 1.46. The second kappa shape index (κ2) is 7.20. The molecule has 1 heterocycles. The predicted octanol–water partition coefficient (Wildman–Crippen LogP) is 4.96. The number of aromatic amines is 1. The molecule has 0 amide bonds. The van der Waals surface area contributed by atoms with Gasteiger partial charge in [-0.3, -0.25) is 4.79 Å². The lowest BCUT2D eigenvalue weighted by Gasteiger charge is -2.14. The molecule has 3 aromatic rings. The van der Waals surface area contributed by atoms with E-state index in [1.165, 1.54) is 5.56 Å². The Morgan fingerprint density at radius 1 is 1.22 bits per heavy atom. The Bertz CT molecular complexity index is 864. The standard InChI is InChI=1S/C18H17ClN2OS/c1-2-16(12-6-4-3-5-7-12)23-11-17-20-15-9-8-13(19)10-14(15)18(22)21-17/h3-10,16H,2,11H2,1H3,(H,20,21,22). The van der Waals surface area contributed by atoms with Crippen molar-refractivity contribution in [1.29, 1.82) is 0 Å². The molecule has 0 spiro atoms. The summed E-state index contributed by atoms with van der Waals surface area (Å²) < 4.78 is 0. The normalized spacial score (nSPS) is 12.4. The van der Waals surface area contributed by atoms with Gasteiger partial charge in [-0.05, 0) is 30.2 Å². The van der Waals surface area contributed by atoms with Gasteiger partial charge in [0.2, 0.25) is 0 Å². The third-order valence-electron chi connectivity index (χ3n) is 3.68. The van der Waals surface area contributed by atoms with Gasteiger partial charge >= 0.3 is 0 Å². The second-order valence-electron chi connectivity index (χ2n) is 5.29. The molecule has 0 radical (unpaired) electrons. The van der Waals surface area contributed by atoms with Gasteiger partial charge in [0, 0.05) is 10.3 Å². The molecule has 0 fully saturated rings. The fourth-order valence-electron chi connectivity index (χ4n) is 2.52. The number of aromatic nitrogens is 2. The minimum atomic E-state index is -0.138. The summed E-state index contributed by atoms with van der Waals surface area (Å²) in [6, 6.07) is 15.6. The van der Waals surface area contributed by atoms with E-state index in [1.807, 2.05) is 6.07 Å². The molecule has 0 aliphatic heterocycles. The summed E-state index contributed by atoms with van der Waals surface area (Å²) in [6.45, 7) is 2.17. The number of benzene rings is 2. The Morgan fingerprint density at radius 3 is 2.74 bits per heavy atom. The first kappa shape index (κ1) is 16.1. The van der Waals surface area contributed by atoms with Crippen LogP contribution in [0.5, 0.6) is 0 Å². The van der Waals surface area contributed by atoms with Crippen LogP contribution in [0.25, 0.3) is 10.9 Å². The smallest absolute Gasteiger partial charge is 0.258 e. The van der Waals surface area contributed by atoms with E-state index in [9.17, 15) is 4.79 Å². The number of rotatable bonds is 5. The minimum Gasteiger partial charge on any atom is -0.309 e. The van der Waals surface area contributed by atoms with Crippen molar-refractivity contribution in [2.75, 3.05) is 0 Å². The Hall–Kier alpha value is -1.78. The quantitative estimate of drug-likeness (QED) is 0.711. The largest absolute Gasteiger partial charge is 0.309 e. The first-order valence-corrected chi connectivity index (χ1v) is 8.95. The molecule has 0 aliphatic rings. The molecule has 1 atom stereocenters. The third-order valence-corrected chi connectivity index (χ3v) is 5.36. The van der Waals surface area contributed by atoms with Crippen LogP contribution in [0.2, 0.25) is 5.02 Å². The topological polar surface area (TPSA) is 45.8 Å². The molecule has 118 valence electrons. The van der Waals surface area contributed by atoms with Crippen molar-refractivity contribution >= 4 is 34.3 Å². The van der Waals surface area contributed by atoms with Gasteiger partial charge in [0.15, 0.2) is 0 Å². The number of hydrogen-bond donors (Lipinski definition) is 1. The lowest BCUT2D eigenvalue weighted by molar-refractivity contribution is 0.890. The number of thioether (sulfide) groups is 1. The Balaban J connectivity index is 1.81. The average Bonchev–Trinajstić information content (AvgIpc) is 2.57. The van der Waals surface area contributed by atoms with Crippen LogP contribution in [0.3, 0.4) is 0 Å². The predicted molar refractivity (Wildman–Crippen MR) is 98.1 cm³/mol. The zero-order valence-electron chi connectivity index (χ0n) is 12.8. The molecule has 3 nitrogen and oxygen atoms in total. The zero-order chi connectivity index (χ0) is 16.2. The van der Waals surface area contributed by atoms with Crippen LogP contribution in [-0.2, 0) is 5.75 Å². The lowest BCUT2D eigenvalue weighted by Crippen LogP contribution is -2.11. The molecule has 1 aromatic heterocycles. The molecule has 23 heavy (non-hydrogen) atoms. The summed E-state index contributed by atoms with van der Waals surface area (Å²) in [5.74, 6) is 1.37. The zero-order valence-corrected chi connectivity index (χ0v) is 14.3. The SMILES string of the molecule is CCC(SCc1nc2ccc(Cl)cc2c(=O)[nH]1)c1ccccc1. The third kappa shape index (κ3) is 3.77. The number of hydrogen-bond acceptors (Lipinski definition) is 3. The summed E-state index contributed by atoms with van der Waals surface area (Å²) in [5.41, 5.74) is 1.84. The van der Waals surface area contributed by atoms with E-state index in [2.05, 4.69) is 41.2 Å². The van der Waals surface area contributed by atoms with Crippen LogP contribution >= 0.6 is 23.4 Å². The van der Waals surface area contributed by atoms with Gasteiger partial charge in [-0.1, -0.05) is 48.9 Å². The van der Waals surface area contributed by atoms with E-state index >= 15 is 0 Å². The highest BCUT2D eigenvalue weighted by Gasteiger charge is 2.11. The molecule has 0 saturated heterocycles. The van der Waals surface area contributed by atoms with Crippen molar-refractivity contribution in [3.8, 4) is 0 Å².